The van der Waals surface area contributed by atoms with Crippen molar-refractivity contribution in [2.45, 2.75) is 56.5 Å². The number of alkyl carbamates (subject to hydrolysis) is 1. The van der Waals surface area contributed by atoms with Crippen LogP contribution in [-0.4, -0.2) is 48.2 Å². The van der Waals surface area contributed by atoms with Crippen LogP contribution in [0.5, 0.6) is 0 Å². The molecule has 3 atom stereocenters. The van der Waals surface area contributed by atoms with Crippen LogP contribution in [0.15, 0.2) is 48.5 Å². The Morgan fingerprint density at radius 3 is 2.17 bits per heavy atom. The molecular formula is C26H28F2N2O5. The van der Waals surface area contributed by atoms with Crippen molar-refractivity contribution in [2.75, 3.05) is 6.61 Å². The van der Waals surface area contributed by atoms with E-state index in [4.69, 9.17) is 4.74 Å². The molecule has 186 valence electrons. The second-order valence-electron chi connectivity index (χ2n) is 8.99. The number of alkyl halides is 2. The molecule has 35 heavy (non-hydrogen) atoms. The smallest absolute Gasteiger partial charge is 0.407 e. The lowest BCUT2D eigenvalue weighted by atomic mass is 9.84. The summed E-state index contributed by atoms with van der Waals surface area (Å²) in [5.41, 5.74) is 4.10. The number of nitrogens with one attached hydrogen (secondary N) is 2. The monoisotopic (exact) mass is 486 g/mol. The number of benzene rings is 2. The summed E-state index contributed by atoms with van der Waals surface area (Å²) >= 11 is 0. The van der Waals surface area contributed by atoms with E-state index in [2.05, 4.69) is 10.6 Å². The second kappa shape index (κ2) is 10.8. The SMILES string of the molecule is O=C(NC(CC(F)F)C(=O)NC1CCCCC1C(=O)O)OCC1c2ccccc2-c2ccccc21. The number of halogens is 2. The number of hydrogen-bond donors (Lipinski definition) is 3. The van der Waals surface area contributed by atoms with Crippen molar-refractivity contribution in [2.24, 2.45) is 5.92 Å². The van der Waals surface area contributed by atoms with Crippen molar-refractivity contribution < 1.29 is 33.0 Å². The van der Waals surface area contributed by atoms with Gasteiger partial charge in [0.2, 0.25) is 12.3 Å². The lowest BCUT2D eigenvalue weighted by molar-refractivity contribution is -0.144. The van der Waals surface area contributed by atoms with E-state index in [0.717, 1.165) is 35.1 Å². The predicted molar refractivity (Wildman–Crippen MR) is 124 cm³/mol. The molecule has 3 unspecified atom stereocenters. The standard InChI is InChI=1S/C26H28F2N2O5/c27-23(28)13-22(24(31)29-21-12-6-5-11-19(21)25(32)33)30-26(34)35-14-20-17-9-3-1-7-15(17)16-8-2-4-10-18(16)20/h1-4,7-10,19-23H,5-6,11-14H2,(H,29,31)(H,30,34)(H,32,33). The fourth-order valence-corrected chi connectivity index (χ4v) is 5.07. The molecular weight excluding hydrogens is 458 g/mol. The van der Waals surface area contributed by atoms with Crippen molar-refractivity contribution in [3.8, 4) is 11.1 Å². The normalized spacial score (nSPS) is 20.0. The van der Waals surface area contributed by atoms with Crippen LogP contribution >= 0.6 is 0 Å². The zero-order chi connectivity index (χ0) is 24.9. The van der Waals surface area contributed by atoms with Crippen LogP contribution in [0.25, 0.3) is 11.1 Å². The maximum atomic E-state index is 13.2. The van der Waals surface area contributed by atoms with Gasteiger partial charge in [0.1, 0.15) is 12.6 Å². The second-order valence-corrected chi connectivity index (χ2v) is 8.99. The lowest BCUT2D eigenvalue weighted by Crippen LogP contribution is -2.53. The highest BCUT2D eigenvalue weighted by molar-refractivity contribution is 5.86. The van der Waals surface area contributed by atoms with Gasteiger partial charge in [0.05, 0.1) is 5.92 Å². The summed E-state index contributed by atoms with van der Waals surface area (Å²) in [6, 6.07) is 13.3. The van der Waals surface area contributed by atoms with Crippen molar-refractivity contribution >= 4 is 18.0 Å². The number of aliphatic carboxylic acids is 1. The van der Waals surface area contributed by atoms with Crippen LogP contribution in [-0.2, 0) is 14.3 Å². The van der Waals surface area contributed by atoms with Crippen LogP contribution in [0.2, 0.25) is 0 Å². The fraction of sp³-hybridized carbons (Fsp3) is 0.423. The van der Waals surface area contributed by atoms with E-state index in [1.54, 1.807) is 0 Å². The first-order valence-corrected chi connectivity index (χ1v) is 11.8. The average Bonchev–Trinajstić information content (AvgIpc) is 3.16. The summed E-state index contributed by atoms with van der Waals surface area (Å²) in [7, 11) is 0. The van der Waals surface area contributed by atoms with Crippen molar-refractivity contribution in [3.63, 3.8) is 0 Å². The number of carbonyl (C=O) groups excluding carboxylic acids is 2. The number of carboxylic acid groups (broad SMARTS) is 1. The third-order valence-electron chi connectivity index (χ3n) is 6.78. The Morgan fingerprint density at radius 1 is 0.971 bits per heavy atom. The highest BCUT2D eigenvalue weighted by Crippen LogP contribution is 2.44. The summed E-state index contributed by atoms with van der Waals surface area (Å²) < 4.78 is 31.7. The van der Waals surface area contributed by atoms with E-state index in [-0.39, 0.29) is 12.5 Å². The molecule has 0 aromatic heterocycles. The Kier molecular flexibility index (Phi) is 7.63. The number of ether oxygens (including phenoxy) is 1. The summed E-state index contributed by atoms with van der Waals surface area (Å²) in [5.74, 6) is -2.87. The highest BCUT2D eigenvalue weighted by atomic mass is 19.3. The van der Waals surface area contributed by atoms with Gasteiger partial charge in [-0.1, -0.05) is 61.4 Å². The maximum absolute atomic E-state index is 13.2. The molecule has 7 nitrogen and oxygen atoms in total. The lowest BCUT2D eigenvalue weighted by Gasteiger charge is -2.30. The Balaban J connectivity index is 1.40. The number of hydrogen-bond acceptors (Lipinski definition) is 4. The molecule has 2 aliphatic rings. The first kappa shape index (κ1) is 24.6. The van der Waals surface area contributed by atoms with Crippen molar-refractivity contribution in [1.82, 2.24) is 10.6 Å². The minimum Gasteiger partial charge on any atom is -0.481 e. The summed E-state index contributed by atoms with van der Waals surface area (Å²) in [6.45, 7) is -0.0212. The molecule has 0 bridgehead atoms. The average molecular weight is 487 g/mol. The molecule has 2 amide bonds. The first-order chi connectivity index (χ1) is 16.8. The minimum absolute atomic E-state index is 0.0212. The van der Waals surface area contributed by atoms with Crippen LogP contribution in [0.4, 0.5) is 13.6 Å². The van der Waals surface area contributed by atoms with Gasteiger partial charge in [-0.2, -0.15) is 0 Å². The molecule has 0 spiro atoms. The van der Waals surface area contributed by atoms with Crippen LogP contribution in [0.1, 0.15) is 49.1 Å². The minimum atomic E-state index is -2.85. The van der Waals surface area contributed by atoms with Gasteiger partial charge < -0.3 is 20.5 Å². The quantitative estimate of drug-likeness (QED) is 0.516. The largest absolute Gasteiger partial charge is 0.481 e. The zero-order valence-corrected chi connectivity index (χ0v) is 19.1. The first-order valence-electron chi connectivity index (χ1n) is 11.8. The topological polar surface area (TPSA) is 105 Å². The van der Waals surface area contributed by atoms with Gasteiger partial charge in [-0.05, 0) is 35.1 Å². The Labute approximate surface area is 201 Å². The Morgan fingerprint density at radius 2 is 1.57 bits per heavy atom. The zero-order valence-electron chi connectivity index (χ0n) is 19.1. The Hall–Kier alpha value is -3.49. The number of carbonyl (C=O) groups is 3. The molecule has 0 heterocycles. The molecule has 1 saturated carbocycles. The van der Waals surface area contributed by atoms with Gasteiger partial charge >= 0.3 is 12.1 Å². The van der Waals surface area contributed by atoms with E-state index in [9.17, 15) is 28.3 Å². The number of rotatable bonds is 8. The van der Waals surface area contributed by atoms with E-state index in [1.165, 1.54) is 0 Å². The van der Waals surface area contributed by atoms with E-state index >= 15 is 0 Å². The van der Waals surface area contributed by atoms with E-state index < -0.39 is 48.8 Å². The molecule has 2 aromatic rings. The molecule has 0 radical (unpaired) electrons. The summed E-state index contributed by atoms with van der Waals surface area (Å²) in [4.78, 5) is 36.8. The molecule has 2 aromatic carbocycles. The maximum Gasteiger partial charge on any atom is 0.407 e. The Bertz CT molecular complexity index is 1050. The molecule has 9 heteroatoms. The van der Waals surface area contributed by atoms with Crippen molar-refractivity contribution in [3.05, 3.63) is 59.7 Å². The molecule has 4 rings (SSSR count). The van der Waals surface area contributed by atoms with Gasteiger partial charge in [-0.3, -0.25) is 9.59 Å². The van der Waals surface area contributed by atoms with E-state index in [0.29, 0.717) is 12.8 Å². The molecule has 3 N–H and O–H groups in total. The van der Waals surface area contributed by atoms with Gasteiger partial charge in [0, 0.05) is 18.4 Å². The third kappa shape index (κ3) is 5.61. The number of amides is 2. The summed E-state index contributed by atoms with van der Waals surface area (Å²) in [6.07, 6.45) is -2.43. The fourth-order valence-electron chi connectivity index (χ4n) is 5.07. The predicted octanol–water partition coefficient (Wildman–Crippen LogP) is 4.31. The van der Waals surface area contributed by atoms with Gasteiger partial charge in [0.15, 0.2) is 0 Å². The molecule has 1 fully saturated rings. The number of carboxylic acids is 1. The van der Waals surface area contributed by atoms with E-state index in [1.807, 2.05) is 48.5 Å². The molecule has 2 aliphatic carbocycles. The van der Waals surface area contributed by atoms with Gasteiger partial charge in [-0.15, -0.1) is 0 Å². The van der Waals surface area contributed by atoms with Gasteiger partial charge in [0.25, 0.3) is 0 Å². The van der Waals surface area contributed by atoms with Crippen LogP contribution in [0, 0.1) is 5.92 Å². The third-order valence-corrected chi connectivity index (χ3v) is 6.78. The summed E-state index contributed by atoms with van der Waals surface area (Å²) in [5, 5.41) is 14.2. The molecule has 0 saturated heterocycles. The van der Waals surface area contributed by atoms with Gasteiger partial charge in [-0.25, -0.2) is 13.6 Å². The molecule has 0 aliphatic heterocycles. The number of fused-ring (bicyclic) bond motifs is 3. The van der Waals surface area contributed by atoms with Crippen LogP contribution < -0.4 is 10.6 Å². The van der Waals surface area contributed by atoms with Crippen molar-refractivity contribution in [1.29, 1.82) is 0 Å². The van der Waals surface area contributed by atoms with Crippen LogP contribution in [0.3, 0.4) is 0 Å². The highest BCUT2D eigenvalue weighted by Gasteiger charge is 2.35.